The van der Waals surface area contributed by atoms with E-state index >= 15 is 0 Å². The van der Waals surface area contributed by atoms with E-state index < -0.39 is 11.9 Å². The van der Waals surface area contributed by atoms with Crippen LogP contribution in [0.3, 0.4) is 0 Å². The van der Waals surface area contributed by atoms with Crippen LogP contribution in [0.2, 0.25) is 0 Å². The Balaban J connectivity index is 0.00000225. The maximum absolute atomic E-state index is 11.5. The summed E-state index contributed by atoms with van der Waals surface area (Å²) >= 11 is 0. The van der Waals surface area contributed by atoms with Gasteiger partial charge in [0.25, 0.3) is 0 Å². The standard InChI is InChI=1S/C11H12O4.Na/c1-7(2)15-11(14)9-6-4-3-5-8(9)10(12)13;/h3-7H,1-2H3,(H,12,13);/q;+1/p-1. The van der Waals surface area contributed by atoms with Gasteiger partial charge in [-0.05, 0) is 19.9 Å². The molecule has 1 rings (SSSR count). The molecule has 0 atom stereocenters. The zero-order chi connectivity index (χ0) is 11.4. The quantitative estimate of drug-likeness (QED) is 0.429. The number of aromatic carboxylic acids is 1. The molecule has 0 bridgehead atoms. The normalized spacial score (nSPS) is 9.44. The number of rotatable bonds is 3. The second-order valence-electron chi connectivity index (χ2n) is 3.29. The maximum Gasteiger partial charge on any atom is 1.00 e. The SMILES string of the molecule is CC(C)OC(=O)c1ccccc1C(=O)[O-].[Na+]. The molecule has 4 nitrogen and oxygen atoms in total. The Labute approximate surface area is 116 Å². The topological polar surface area (TPSA) is 66.4 Å². The Morgan fingerprint density at radius 1 is 1.19 bits per heavy atom. The van der Waals surface area contributed by atoms with Crippen molar-refractivity contribution in [3.05, 3.63) is 35.4 Å². The van der Waals surface area contributed by atoms with Crippen LogP contribution in [0.4, 0.5) is 0 Å². The molecule has 0 heterocycles. The number of carbonyl (C=O) groups is 2. The van der Waals surface area contributed by atoms with Gasteiger partial charge in [-0.25, -0.2) is 4.79 Å². The van der Waals surface area contributed by atoms with Gasteiger partial charge in [0.05, 0.1) is 17.6 Å². The number of ether oxygens (including phenoxy) is 1. The predicted molar refractivity (Wildman–Crippen MR) is 51.3 cm³/mol. The van der Waals surface area contributed by atoms with Crippen molar-refractivity contribution in [2.45, 2.75) is 20.0 Å². The van der Waals surface area contributed by atoms with Gasteiger partial charge in [0.1, 0.15) is 0 Å². The summed E-state index contributed by atoms with van der Waals surface area (Å²) in [5.41, 5.74) is -0.130. The molecule has 1 aromatic carbocycles. The minimum absolute atomic E-state index is 0. The molecular weight excluding hydrogens is 219 g/mol. The van der Waals surface area contributed by atoms with Gasteiger partial charge in [-0.1, -0.05) is 18.2 Å². The van der Waals surface area contributed by atoms with Crippen LogP contribution in [0, 0.1) is 0 Å². The summed E-state index contributed by atoms with van der Waals surface area (Å²) in [6.45, 7) is 3.39. The van der Waals surface area contributed by atoms with Crippen LogP contribution >= 0.6 is 0 Å². The summed E-state index contributed by atoms with van der Waals surface area (Å²) in [6, 6.07) is 5.81. The molecule has 5 heteroatoms. The van der Waals surface area contributed by atoms with E-state index in [1.807, 2.05) is 0 Å². The van der Waals surface area contributed by atoms with Crippen LogP contribution in [0.5, 0.6) is 0 Å². The van der Waals surface area contributed by atoms with Crippen LogP contribution in [0.25, 0.3) is 0 Å². The third-order valence-corrected chi connectivity index (χ3v) is 1.71. The summed E-state index contributed by atoms with van der Waals surface area (Å²) < 4.78 is 4.90. The monoisotopic (exact) mass is 230 g/mol. The number of hydrogen-bond donors (Lipinski definition) is 0. The summed E-state index contributed by atoms with van der Waals surface area (Å²) in [7, 11) is 0. The van der Waals surface area contributed by atoms with Gasteiger partial charge in [0, 0.05) is 5.56 Å². The third kappa shape index (κ3) is 3.96. The molecule has 0 aromatic heterocycles. The smallest absolute Gasteiger partial charge is 0.545 e. The van der Waals surface area contributed by atoms with Gasteiger partial charge in [0.15, 0.2) is 0 Å². The van der Waals surface area contributed by atoms with Crippen molar-refractivity contribution in [1.82, 2.24) is 0 Å². The molecule has 0 radical (unpaired) electrons. The molecule has 0 aliphatic rings. The Bertz CT molecular complexity index is 387. The molecule has 0 amide bonds. The summed E-state index contributed by atoms with van der Waals surface area (Å²) in [5.74, 6) is -2.03. The van der Waals surface area contributed by atoms with Gasteiger partial charge in [0.2, 0.25) is 0 Å². The fraction of sp³-hybridized carbons (Fsp3) is 0.273. The predicted octanol–water partition coefficient (Wildman–Crippen LogP) is -2.38. The van der Waals surface area contributed by atoms with Crippen molar-refractivity contribution in [3.8, 4) is 0 Å². The van der Waals surface area contributed by atoms with Crippen molar-refractivity contribution >= 4 is 11.9 Å². The van der Waals surface area contributed by atoms with Crippen molar-refractivity contribution in [1.29, 1.82) is 0 Å². The minimum Gasteiger partial charge on any atom is -0.545 e. The molecule has 16 heavy (non-hydrogen) atoms. The first-order chi connectivity index (χ1) is 7.02. The third-order valence-electron chi connectivity index (χ3n) is 1.71. The molecule has 1 aromatic rings. The molecule has 0 spiro atoms. The molecule has 0 fully saturated rings. The van der Waals surface area contributed by atoms with Gasteiger partial charge in [-0.15, -0.1) is 0 Å². The molecule has 0 aliphatic heterocycles. The first kappa shape index (κ1) is 15.2. The van der Waals surface area contributed by atoms with Crippen LogP contribution < -0.4 is 34.7 Å². The number of esters is 1. The Morgan fingerprint density at radius 3 is 2.12 bits per heavy atom. The average Bonchev–Trinajstić information content (AvgIpc) is 2.16. The largest absolute Gasteiger partial charge is 1.00 e. The molecular formula is C11H11NaO4. The molecule has 0 aliphatic carbocycles. The van der Waals surface area contributed by atoms with Gasteiger partial charge >= 0.3 is 35.5 Å². The van der Waals surface area contributed by atoms with Gasteiger partial charge in [-0.3, -0.25) is 0 Å². The summed E-state index contributed by atoms with van der Waals surface area (Å²) in [5, 5.41) is 10.7. The first-order valence-corrected chi connectivity index (χ1v) is 4.53. The maximum atomic E-state index is 11.5. The van der Waals surface area contributed by atoms with E-state index in [0.29, 0.717) is 0 Å². The number of carbonyl (C=O) groups excluding carboxylic acids is 2. The second-order valence-corrected chi connectivity index (χ2v) is 3.29. The van der Waals surface area contributed by atoms with E-state index in [2.05, 4.69) is 0 Å². The van der Waals surface area contributed by atoms with E-state index in [0.717, 1.165) is 0 Å². The van der Waals surface area contributed by atoms with E-state index in [1.165, 1.54) is 18.2 Å². The number of hydrogen-bond acceptors (Lipinski definition) is 4. The van der Waals surface area contributed by atoms with Crippen LogP contribution in [0.1, 0.15) is 34.6 Å². The summed E-state index contributed by atoms with van der Waals surface area (Å²) in [6.07, 6.45) is -0.285. The van der Waals surface area contributed by atoms with Crippen LogP contribution in [-0.4, -0.2) is 18.0 Å². The minimum atomic E-state index is -1.38. The van der Waals surface area contributed by atoms with Crippen molar-refractivity contribution in [2.24, 2.45) is 0 Å². The number of carboxylic acid groups (broad SMARTS) is 1. The Morgan fingerprint density at radius 2 is 1.69 bits per heavy atom. The Kier molecular flexibility index (Phi) is 6.33. The zero-order valence-electron chi connectivity index (χ0n) is 9.52. The Hall–Kier alpha value is -0.840. The number of carboxylic acids is 1. The fourth-order valence-electron chi connectivity index (χ4n) is 1.12. The zero-order valence-corrected chi connectivity index (χ0v) is 11.5. The molecule has 0 unspecified atom stereocenters. The van der Waals surface area contributed by atoms with Gasteiger partial charge in [-0.2, -0.15) is 0 Å². The van der Waals surface area contributed by atoms with Crippen molar-refractivity contribution < 1.29 is 49.0 Å². The first-order valence-electron chi connectivity index (χ1n) is 4.53. The van der Waals surface area contributed by atoms with Crippen LogP contribution in [0.15, 0.2) is 24.3 Å². The molecule has 0 N–H and O–H groups in total. The molecule has 80 valence electrons. The van der Waals surface area contributed by atoms with Crippen LogP contribution in [-0.2, 0) is 4.74 Å². The molecule has 0 saturated carbocycles. The second kappa shape index (κ2) is 6.68. The fourth-order valence-corrected chi connectivity index (χ4v) is 1.12. The van der Waals surface area contributed by atoms with E-state index in [-0.39, 0.29) is 46.8 Å². The van der Waals surface area contributed by atoms with Gasteiger partial charge < -0.3 is 14.6 Å². The van der Waals surface area contributed by atoms with Crippen molar-refractivity contribution in [3.63, 3.8) is 0 Å². The number of benzene rings is 1. The van der Waals surface area contributed by atoms with E-state index in [9.17, 15) is 14.7 Å². The van der Waals surface area contributed by atoms with E-state index in [4.69, 9.17) is 4.74 Å². The van der Waals surface area contributed by atoms with E-state index in [1.54, 1.807) is 19.9 Å². The molecule has 0 saturated heterocycles. The summed E-state index contributed by atoms with van der Waals surface area (Å²) in [4.78, 5) is 22.2. The average molecular weight is 230 g/mol. The van der Waals surface area contributed by atoms with Crippen molar-refractivity contribution in [2.75, 3.05) is 0 Å².